The lowest BCUT2D eigenvalue weighted by atomic mass is 10.2. The molecule has 0 amide bonds. The number of halogens is 2. The van der Waals surface area contributed by atoms with Crippen LogP contribution in [-0.2, 0) is 0 Å². The summed E-state index contributed by atoms with van der Waals surface area (Å²) in [6.45, 7) is 0.444. The van der Waals surface area contributed by atoms with Gasteiger partial charge in [0.2, 0.25) is 0 Å². The monoisotopic (exact) mass is 326 g/mol. The van der Waals surface area contributed by atoms with E-state index in [0.29, 0.717) is 21.5 Å². The van der Waals surface area contributed by atoms with Crippen molar-refractivity contribution in [3.63, 3.8) is 0 Å². The SMILES string of the molecule is O=C(O)c1ccccc1OCCOc1cc(Cl)cc(Cl)c1. The van der Waals surface area contributed by atoms with Gasteiger partial charge in [0.25, 0.3) is 0 Å². The molecule has 0 saturated heterocycles. The predicted molar refractivity (Wildman–Crippen MR) is 80.9 cm³/mol. The van der Waals surface area contributed by atoms with Crippen LogP contribution in [0.15, 0.2) is 42.5 Å². The van der Waals surface area contributed by atoms with Crippen molar-refractivity contribution in [2.75, 3.05) is 13.2 Å². The van der Waals surface area contributed by atoms with Crippen molar-refractivity contribution in [1.29, 1.82) is 0 Å². The number of aromatic carboxylic acids is 1. The molecule has 2 rings (SSSR count). The Labute approximate surface area is 131 Å². The van der Waals surface area contributed by atoms with E-state index in [1.807, 2.05) is 0 Å². The standard InChI is InChI=1S/C15H12Cl2O4/c16-10-7-11(17)9-12(8-10)20-5-6-21-14-4-2-1-3-13(14)15(18)19/h1-4,7-9H,5-6H2,(H,18,19). The highest BCUT2D eigenvalue weighted by atomic mass is 35.5. The van der Waals surface area contributed by atoms with Crippen molar-refractivity contribution in [3.8, 4) is 11.5 Å². The minimum absolute atomic E-state index is 0.114. The molecule has 0 heterocycles. The molecule has 0 spiro atoms. The smallest absolute Gasteiger partial charge is 0.339 e. The number of carboxylic acids is 1. The molecule has 0 unspecified atom stereocenters. The van der Waals surface area contributed by atoms with E-state index in [-0.39, 0.29) is 18.8 Å². The van der Waals surface area contributed by atoms with E-state index < -0.39 is 5.97 Å². The van der Waals surface area contributed by atoms with E-state index in [1.54, 1.807) is 36.4 Å². The minimum Gasteiger partial charge on any atom is -0.490 e. The molecule has 21 heavy (non-hydrogen) atoms. The van der Waals surface area contributed by atoms with Gasteiger partial charge in [0.1, 0.15) is 30.3 Å². The van der Waals surface area contributed by atoms with Crippen molar-refractivity contribution in [1.82, 2.24) is 0 Å². The molecule has 0 atom stereocenters. The molecule has 110 valence electrons. The van der Waals surface area contributed by atoms with Crippen LogP contribution < -0.4 is 9.47 Å². The molecular weight excluding hydrogens is 315 g/mol. The van der Waals surface area contributed by atoms with Crippen LogP contribution in [0.2, 0.25) is 10.0 Å². The summed E-state index contributed by atoms with van der Waals surface area (Å²) in [7, 11) is 0. The van der Waals surface area contributed by atoms with Gasteiger partial charge in [-0.3, -0.25) is 0 Å². The predicted octanol–water partition coefficient (Wildman–Crippen LogP) is 4.15. The maximum absolute atomic E-state index is 11.0. The first kappa shape index (κ1) is 15.5. The molecule has 0 aromatic heterocycles. The van der Waals surface area contributed by atoms with Gasteiger partial charge in [-0.15, -0.1) is 0 Å². The first-order chi connectivity index (χ1) is 10.1. The van der Waals surface area contributed by atoms with Gasteiger partial charge in [0.05, 0.1) is 0 Å². The number of carbonyl (C=O) groups is 1. The molecule has 4 nitrogen and oxygen atoms in total. The van der Waals surface area contributed by atoms with Crippen molar-refractivity contribution in [2.24, 2.45) is 0 Å². The molecule has 0 aliphatic heterocycles. The third-order valence-electron chi connectivity index (χ3n) is 2.56. The number of hydrogen-bond donors (Lipinski definition) is 1. The van der Waals surface area contributed by atoms with Crippen molar-refractivity contribution in [2.45, 2.75) is 0 Å². The van der Waals surface area contributed by atoms with Crippen LogP contribution in [0.25, 0.3) is 0 Å². The maximum Gasteiger partial charge on any atom is 0.339 e. The fourth-order valence-corrected chi connectivity index (χ4v) is 2.20. The van der Waals surface area contributed by atoms with Crippen LogP contribution in [-0.4, -0.2) is 24.3 Å². The van der Waals surface area contributed by atoms with Gasteiger partial charge in [-0.2, -0.15) is 0 Å². The lowest BCUT2D eigenvalue weighted by molar-refractivity contribution is 0.0691. The average molecular weight is 327 g/mol. The van der Waals surface area contributed by atoms with Gasteiger partial charge in [-0.05, 0) is 30.3 Å². The highest BCUT2D eigenvalue weighted by Crippen LogP contribution is 2.24. The number of ether oxygens (including phenoxy) is 2. The van der Waals surface area contributed by atoms with Gasteiger partial charge >= 0.3 is 5.97 Å². The van der Waals surface area contributed by atoms with Crippen LogP contribution in [0.5, 0.6) is 11.5 Å². The summed E-state index contributed by atoms with van der Waals surface area (Å²) in [5.41, 5.74) is 0.114. The zero-order chi connectivity index (χ0) is 15.2. The molecule has 2 aromatic carbocycles. The summed E-state index contributed by atoms with van der Waals surface area (Å²) in [6.07, 6.45) is 0. The Morgan fingerprint density at radius 2 is 1.62 bits per heavy atom. The van der Waals surface area contributed by atoms with Gasteiger partial charge < -0.3 is 14.6 Å². The minimum atomic E-state index is -1.03. The number of para-hydroxylation sites is 1. The van der Waals surface area contributed by atoms with Crippen molar-refractivity contribution >= 4 is 29.2 Å². The number of rotatable bonds is 6. The van der Waals surface area contributed by atoms with Crippen molar-refractivity contribution < 1.29 is 19.4 Å². The van der Waals surface area contributed by atoms with Gasteiger partial charge in [-0.25, -0.2) is 4.79 Å². The summed E-state index contributed by atoms with van der Waals surface area (Å²) in [5.74, 6) is -0.200. The van der Waals surface area contributed by atoms with Crippen LogP contribution in [0.3, 0.4) is 0 Å². The molecule has 6 heteroatoms. The topological polar surface area (TPSA) is 55.8 Å². The highest BCUT2D eigenvalue weighted by Gasteiger charge is 2.09. The Morgan fingerprint density at radius 1 is 1.00 bits per heavy atom. The Bertz CT molecular complexity index is 623. The van der Waals surface area contributed by atoms with Gasteiger partial charge in [-0.1, -0.05) is 35.3 Å². The third-order valence-corrected chi connectivity index (χ3v) is 3.00. The van der Waals surface area contributed by atoms with Crippen LogP contribution in [0, 0.1) is 0 Å². The van der Waals surface area contributed by atoms with Crippen molar-refractivity contribution in [3.05, 3.63) is 58.1 Å². The fourth-order valence-electron chi connectivity index (χ4n) is 1.69. The molecule has 0 bridgehead atoms. The molecule has 2 aromatic rings. The summed E-state index contributed by atoms with van der Waals surface area (Å²) >= 11 is 11.7. The molecule has 0 saturated carbocycles. The Kier molecular flexibility index (Phi) is 5.31. The quantitative estimate of drug-likeness (QED) is 0.810. The molecule has 0 fully saturated rings. The fraction of sp³-hybridized carbons (Fsp3) is 0.133. The van der Waals surface area contributed by atoms with E-state index in [9.17, 15) is 4.79 Å². The zero-order valence-electron chi connectivity index (χ0n) is 10.9. The third kappa shape index (κ3) is 4.55. The molecule has 1 N–H and O–H groups in total. The van der Waals surface area contributed by atoms with Crippen LogP contribution >= 0.6 is 23.2 Å². The maximum atomic E-state index is 11.0. The average Bonchev–Trinajstić information content (AvgIpc) is 2.43. The summed E-state index contributed by atoms with van der Waals surface area (Å²) in [4.78, 5) is 11.0. The molecule has 0 aliphatic carbocycles. The number of benzene rings is 2. The van der Waals surface area contributed by atoms with E-state index in [0.717, 1.165) is 0 Å². The zero-order valence-corrected chi connectivity index (χ0v) is 12.4. The van der Waals surface area contributed by atoms with Crippen LogP contribution in [0.1, 0.15) is 10.4 Å². The summed E-state index contributed by atoms with van der Waals surface area (Å²) in [5, 5.41) is 9.98. The second-order valence-corrected chi connectivity index (χ2v) is 4.98. The summed E-state index contributed by atoms with van der Waals surface area (Å²) in [6, 6.07) is 11.3. The molecule has 0 radical (unpaired) electrons. The Hall–Kier alpha value is -1.91. The number of carboxylic acid groups (broad SMARTS) is 1. The van der Waals surface area contributed by atoms with Gasteiger partial charge in [0.15, 0.2) is 0 Å². The number of hydrogen-bond acceptors (Lipinski definition) is 3. The Balaban J connectivity index is 1.89. The summed E-state index contributed by atoms with van der Waals surface area (Å²) < 4.78 is 10.9. The molecule has 0 aliphatic rings. The lowest BCUT2D eigenvalue weighted by Crippen LogP contribution is -2.11. The van der Waals surface area contributed by atoms with E-state index in [4.69, 9.17) is 37.8 Å². The molecular formula is C15H12Cl2O4. The first-order valence-electron chi connectivity index (χ1n) is 6.10. The highest BCUT2D eigenvalue weighted by molar-refractivity contribution is 6.34. The second-order valence-electron chi connectivity index (χ2n) is 4.10. The van der Waals surface area contributed by atoms with E-state index in [1.165, 1.54) is 6.07 Å². The van der Waals surface area contributed by atoms with E-state index >= 15 is 0 Å². The Morgan fingerprint density at radius 3 is 2.29 bits per heavy atom. The van der Waals surface area contributed by atoms with Crippen LogP contribution in [0.4, 0.5) is 0 Å². The first-order valence-corrected chi connectivity index (χ1v) is 6.86. The normalized spacial score (nSPS) is 10.2. The van der Waals surface area contributed by atoms with Gasteiger partial charge in [0, 0.05) is 10.0 Å². The largest absolute Gasteiger partial charge is 0.490 e. The van der Waals surface area contributed by atoms with E-state index in [2.05, 4.69) is 0 Å². The second kappa shape index (κ2) is 7.20. The lowest BCUT2D eigenvalue weighted by Gasteiger charge is -2.10.